The zero-order valence-electron chi connectivity index (χ0n) is 9.84. The van der Waals surface area contributed by atoms with Crippen LogP contribution in [0.4, 0.5) is 13.2 Å². The third kappa shape index (κ3) is 2.91. The first-order valence-corrected chi connectivity index (χ1v) is 5.96. The maximum atomic E-state index is 13.0. The maximum absolute atomic E-state index is 13.0. The lowest BCUT2D eigenvalue weighted by Crippen LogP contribution is -2.08. The molecule has 0 aliphatic rings. The van der Waals surface area contributed by atoms with E-state index in [-0.39, 0.29) is 12.1 Å². The molecule has 2 aromatic rings. The second-order valence-electron chi connectivity index (χ2n) is 4.05. The van der Waals surface area contributed by atoms with Gasteiger partial charge in [0.2, 0.25) is 0 Å². The molecule has 0 bridgehead atoms. The number of rotatable bonds is 2. The van der Waals surface area contributed by atoms with Gasteiger partial charge in [-0.1, -0.05) is 35.9 Å². The number of benzene rings is 2. The summed E-state index contributed by atoms with van der Waals surface area (Å²) in [5.41, 5.74) is 6.07. The summed E-state index contributed by atoms with van der Waals surface area (Å²) < 4.78 is 39.0. The standard InChI is InChI=1S/C14H11ClF3N/c15-10-5-6-11(9(7-10)8-19)12-3-1-2-4-13(12)14(16,17)18/h1-7H,8,19H2. The molecule has 1 nitrogen and oxygen atoms in total. The normalized spacial score (nSPS) is 11.6. The van der Waals surface area contributed by atoms with Crippen molar-refractivity contribution in [3.8, 4) is 11.1 Å². The molecule has 2 rings (SSSR count). The Labute approximate surface area is 113 Å². The number of alkyl halides is 3. The van der Waals surface area contributed by atoms with Gasteiger partial charge in [0, 0.05) is 11.6 Å². The first-order chi connectivity index (χ1) is 8.93. The van der Waals surface area contributed by atoms with Gasteiger partial charge in [0.15, 0.2) is 0 Å². The van der Waals surface area contributed by atoms with Crippen molar-refractivity contribution in [3.05, 3.63) is 58.6 Å². The van der Waals surface area contributed by atoms with Crippen molar-refractivity contribution in [1.82, 2.24) is 0 Å². The SMILES string of the molecule is NCc1cc(Cl)ccc1-c1ccccc1C(F)(F)F. The molecule has 0 amide bonds. The van der Waals surface area contributed by atoms with Crippen LogP contribution in [0.2, 0.25) is 5.02 Å². The molecule has 19 heavy (non-hydrogen) atoms. The van der Waals surface area contributed by atoms with Crippen LogP contribution in [0.3, 0.4) is 0 Å². The molecule has 0 unspecified atom stereocenters. The van der Waals surface area contributed by atoms with Gasteiger partial charge in [0.25, 0.3) is 0 Å². The molecular formula is C14H11ClF3N. The molecule has 0 radical (unpaired) electrons. The Balaban J connectivity index is 2.66. The highest BCUT2D eigenvalue weighted by molar-refractivity contribution is 6.30. The largest absolute Gasteiger partial charge is 0.417 e. The molecule has 0 aliphatic heterocycles. The summed E-state index contributed by atoms with van der Waals surface area (Å²) in [4.78, 5) is 0. The van der Waals surface area contributed by atoms with E-state index >= 15 is 0 Å². The first kappa shape index (κ1) is 13.9. The summed E-state index contributed by atoms with van der Waals surface area (Å²) in [6.45, 7) is 0.127. The Morgan fingerprint density at radius 1 is 1.00 bits per heavy atom. The number of halogens is 4. The fourth-order valence-electron chi connectivity index (χ4n) is 1.96. The van der Waals surface area contributed by atoms with Crippen LogP contribution < -0.4 is 5.73 Å². The van der Waals surface area contributed by atoms with E-state index in [1.165, 1.54) is 12.1 Å². The molecule has 0 aliphatic carbocycles. The predicted octanol–water partition coefficient (Wildman–Crippen LogP) is 4.48. The van der Waals surface area contributed by atoms with Crippen molar-refractivity contribution in [2.45, 2.75) is 12.7 Å². The molecule has 0 fully saturated rings. The van der Waals surface area contributed by atoms with Gasteiger partial charge in [-0.25, -0.2) is 0 Å². The smallest absolute Gasteiger partial charge is 0.326 e. The van der Waals surface area contributed by atoms with E-state index in [4.69, 9.17) is 17.3 Å². The van der Waals surface area contributed by atoms with Gasteiger partial charge in [-0.3, -0.25) is 0 Å². The Bertz CT molecular complexity index is 593. The van der Waals surface area contributed by atoms with E-state index in [0.717, 1.165) is 6.07 Å². The molecule has 0 saturated carbocycles. The molecular weight excluding hydrogens is 275 g/mol. The lowest BCUT2D eigenvalue weighted by molar-refractivity contribution is -0.137. The van der Waals surface area contributed by atoms with E-state index in [2.05, 4.69) is 0 Å². The van der Waals surface area contributed by atoms with Gasteiger partial charge < -0.3 is 5.73 Å². The Morgan fingerprint density at radius 2 is 1.68 bits per heavy atom. The average molecular weight is 286 g/mol. The Morgan fingerprint density at radius 3 is 2.32 bits per heavy atom. The summed E-state index contributed by atoms with van der Waals surface area (Å²) >= 11 is 5.83. The quantitative estimate of drug-likeness (QED) is 0.865. The molecule has 0 atom stereocenters. The Hall–Kier alpha value is -1.52. The molecule has 0 heterocycles. The first-order valence-electron chi connectivity index (χ1n) is 5.58. The van der Waals surface area contributed by atoms with Crippen molar-refractivity contribution in [3.63, 3.8) is 0 Å². The van der Waals surface area contributed by atoms with Crippen LogP contribution in [0.15, 0.2) is 42.5 Å². The molecule has 100 valence electrons. The van der Waals surface area contributed by atoms with Crippen LogP contribution in [-0.2, 0) is 12.7 Å². The van der Waals surface area contributed by atoms with Crippen molar-refractivity contribution in [2.24, 2.45) is 5.73 Å². The summed E-state index contributed by atoms with van der Waals surface area (Å²) in [6, 6.07) is 10.1. The van der Waals surface area contributed by atoms with Gasteiger partial charge in [-0.15, -0.1) is 0 Å². The summed E-state index contributed by atoms with van der Waals surface area (Å²) in [5, 5.41) is 0.452. The molecule has 0 aromatic heterocycles. The maximum Gasteiger partial charge on any atom is 0.417 e. The summed E-state index contributed by atoms with van der Waals surface area (Å²) in [5.74, 6) is 0. The molecule has 2 aromatic carbocycles. The van der Waals surface area contributed by atoms with Crippen molar-refractivity contribution >= 4 is 11.6 Å². The van der Waals surface area contributed by atoms with E-state index in [1.54, 1.807) is 24.3 Å². The highest BCUT2D eigenvalue weighted by atomic mass is 35.5. The van der Waals surface area contributed by atoms with Gasteiger partial charge in [0.1, 0.15) is 0 Å². The minimum atomic E-state index is -4.40. The van der Waals surface area contributed by atoms with Crippen LogP contribution in [0.25, 0.3) is 11.1 Å². The molecule has 2 N–H and O–H groups in total. The van der Waals surface area contributed by atoms with E-state index in [0.29, 0.717) is 16.1 Å². The second-order valence-corrected chi connectivity index (χ2v) is 4.49. The summed E-state index contributed by atoms with van der Waals surface area (Å²) in [7, 11) is 0. The van der Waals surface area contributed by atoms with Gasteiger partial charge in [-0.2, -0.15) is 13.2 Å². The highest BCUT2D eigenvalue weighted by Gasteiger charge is 2.33. The summed E-state index contributed by atoms with van der Waals surface area (Å²) in [6.07, 6.45) is -4.40. The fraction of sp³-hybridized carbons (Fsp3) is 0.143. The number of hydrogen-bond donors (Lipinski definition) is 1. The zero-order chi connectivity index (χ0) is 14.0. The lowest BCUT2D eigenvalue weighted by atomic mass is 9.95. The number of nitrogens with two attached hydrogens (primary N) is 1. The molecule has 0 saturated heterocycles. The number of hydrogen-bond acceptors (Lipinski definition) is 1. The fourth-order valence-corrected chi connectivity index (χ4v) is 2.15. The predicted molar refractivity (Wildman–Crippen MR) is 69.8 cm³/mol. The van der Waals surface area contributed by atoms with Crippen LogP contribution in [0, 0.1) is 0 Å². The Kier molecular flexibility index (Phi) is 3.83. The minimum absolute atomic E-state index is 0.118. The van der Waals surface area contributed by atoms with Gasteiger partial charge >= 0.3 is 6.18 Å². The van der Waals surface area contributed by atoms with Gasteiger partial charge in [-0.05, 0) is 34.9 Å². The van der Waals surface area contributed by atoms with Crippen molar-refractivity contribution < 1.29 is 13.2 Å². The van der Waals surface area contributed by atoms with Crippen LogP contribution in [0.1, 0.15) is 11.1 Å². The van der Waals surface area contributed by atoms with Crippen LogP contribution >= 0.6 is 11.6 Å². The molecule has 5 heteroatoms. The van der Waals surface area contributed by atoms with E-state index in [9.17, 15) is 13.2 Å². The van der Waals surface area contributed by atoms with Crippen molar-refractivity contribution in [1.29, 1.82) is 0 Å². The highest BCUT2D eigenvalue weighted by Crippen LogP contribution is 2.38. The monoisotopic (exact) mass is 285 g/mol. The minimum Gasteiger partial charge on any atom is -0.326 e. The van der Waals surface area contributed by atoms with E-state index < -0.39 is 11.7 Å². The second kappa shape index (κ2) is 5.23. The third-order valence-corrected chi connectivity index (χ3v) is 3.04. The van der Waals surface area contributed by atoms with E-state index in [1.807, 2.05) is 0 Å². The molecule has 0 spiro atoms. The van der Waals surface area contributed by atoms with Crippen LogP contribution in [0.5, 0.6) is 0 Å². The topological polar surface area (TPSA) is 26.0 Å². The lowest BCUT2D eigenvalue weighted by Gasteiger charge is -2.15. The van der Waals surface area contributed by atoms with Crippen LogP contribution in [-0.4, -0.2) is 0 Å². The van der Waals surface area contributed by atoms with Gasteiger partial charge in [0.05, 0.1) is 5.56 Å². The van der Waals surface area contributed by atoms with Crippen molar-refractivity contribution in [2.75, 3.05) is 0 Å². The zero-order valence-corrected chi connectivity index (χ0v) is 10.6. The third-order valence-electron chi connectivity index (χ3n) is 2.81. The average Bonchev–Trinajstić information content (AvgIpc) is 2.37.